The quantitative estimate of drug-likeness (QED) is 0.781. The fourth-order valence-electron chi connectivity index (χ4n) is 2.84. The maximum atomic E-state index is 13.5. The molecule has 1 heterocycles. The Labute approximate surface area is 137 Å². The molecular formula is C18H24FN3O. The third kappa shape index (κ3) is 4.74. The molecule has 1 saturated heterocycles. The molecule has 0 aromatic heterocycles. The lowest BCUT2D eigenvalue weighted by molar-refractivity contribution is -0.132. The van der Waals surface area contributed by atoms with Crippen molar-refractivity contribution in [1.29, 1.82) is 0 Å². The van der Waals surface area contributed by atoms with E-state index in [0.29, 0.717) is 26.2 Å². The van der Waals surface area contributed by atoms with Gasteiger partial charge in [-0.3, -0.25) is 9.69 Å². The minimum absolute atomic E-state index is 0.00212. The first-order valence-electron chi connectivity index (χ1n) is 7.85. The summed E-state index contributed by atoms with van der Waals surface area (Å²) < 4.78 is 13.5. The lowest BCUT2D eigenvalue weighted by Gasteiger charge is -2.37. The minimum atomic E-state index is -0.251. The van der Waals surface area contributed by atoms with Gasteiger partial charge in [0.25, 0.3) is 0 Å². The highest BCUT2D eigenvalue weighted by atomic mass is 19.1. The summed E-state index contributed by atoms with van der Waals surface area (Å²) in [5, 5.41) is 3.31. The molecule has 1 fully saturated rings. The number of nitrogens with one attached hydrogen (secondary N) is 1. The van der Waals surface area contributed by atoms with Crippen molar-refractivity contribution in [2.24, 2.45) is 0 Å². The zero-order chi connectivity index (χ0) is 16.7. The molecule has 1 aromatic rings. The third-order valence-electron chi connectivity index (χ3n) is 3.98. The van der Waals surface area contributed by atoms with Crippen molar-refractivity contribution in [3.8, 4) is 0 Å². The van der Waals surface area contributed by atoms with Crippen LogP contribution in [-0.4, -0.2) is 55.0 Å². The molecule has 23 heavy (non-hydrogen) atoms. The number of hydrogen-bond acceptors (Lipinski definition) is 3. The fraction of sp³-hybridized carbons (Fsp3) is 0.389. The van der Waals surface area contributed by atoms with Crippen molar-refractivity contribution in [2.75, 3.05) is 39.3 Å². The Kier molecular flexibility index (Phi) is 6.50. The molecule has 0 spiro atoms. The van der Waals surface area contributed by atoms with Gasteiger partial charge >= 0.3 is 0 Å². The standard InChI is InChI=1S/C18H24FN3O/c1-3-9-21(10-4-2)18(23)14-22-11-8-20-13-17(22)15-6-5-7-16(19)12-15/h3-7,12,17,20H,1-2,8-11,13-14H2. The van der Waals surface area contributed by atoms with Crippen molar-refractivity contribution in [1.82, 2.24) is 15.1 Å². The molecule has 1 aromatic carbocycles. The number of halogens is 1. The van der Waals surface area contributed by atoms with Crippen molar-refractivity contribution < 1.29 is 9.18 Å². The molecule has 1 aliphatic heterocycles. The summed E-state index contributed by atoms with van der Waals surface area (Å²) in [6.07, 6.45) is 3.42. The van der Waals surface area contributed by atoms with E-state index in [2.05, 4.69) is 23.4 Å². The number of piperazine rings is 1. The molecule has 0 saturated carbocycles. The maximum absolute atomic E-state index is 13.5. The van der Waals surface area contributed by atoms with Crippen molar-refractivity contribution >= 4 is 5.91 Å². The van der Waals surface area contributed by atoms with E-state index in [1.807, 2.05) is 6.07 Å². The van der Waals surface area contributed by atoms with Gasteiger partial charge in [-0.25, -0.2) is 4.39 Å². The molecule has 2 rings (SSSR count). The topological polar surface area (TPSA) is 35.6 Å². The molecule has 1 amide bonds. The lowest BCUT2D eigenvalue weighted by atomic mass is 10.0. The zero-order valence-corrected chi connectivity index (χ0v) is 13.4. The molecule has 4 nitrogen and oxygen atoms in total. The van der Waals surface area contributed by atoms with Crippen LogP contribution in [0.25, 0.3) is 0 Å². The van der Waals surface area contributed by atoms with Gasteiger partial charge in [-0.05, 0) is 17.7 Å². The second kappa shape index (κ2) is 8.60. The van der Waals surface area contributed by atoms with Crippen LogP contribution in [0.5, 0.6) is 0 Å². The third-order valence-corrected chi connectivity index (χ3v) is 3.98. The summed E-state index contributed by atoms with van der Waals surface area (Å²) in [5.74, 6) is -0.215. The Morgan fingerprint density at radius 2 is 2.13 bits per heavy atom. The van der Waals surface area contributed by atoms with Gasteiger partial charge in [0, 0.05) is 38.8 Å². The van der Waals surface area contributed by atoms with Gasteiger partial charge < -0.3 is 10.2 Å². The van der Waals surface area contributed by atoms with E-state index in [1.165, 1.54) is 6.07 Å². The Hall–Kier alpha value is -1.98. The molecule has 1 unspecified atom stereocenters. The van der Waals surface area contributed by atoms with Crippen LogP contribution in [0.2, 0.25) is 0 Å². The highest BCUT2D eigenvalue weighted by Gasteiger charge is 2.27. The van der Waals surface area contributed by atoms with Crippen LogP contribution in [0.4, 0.5) is 4.39 Å². The highest BCUT2D eigenvalue weighted by Crippen LogP contribution is 2.22. The zero-order valence-electron chi connectivity index (χ0n) is 13.4. The molecule has 5 heteroatoms. The van der Waals surface area contributed by atoms with Gasteiger partial charge in [-0.1, -0.05) is 24.3 Å². The fourth-order valence-corrected chi connectivity index (χ4v) is 2.84. The van der Waals surface area contributed by atoms with Gasteiger partial charge in [0.15, 0.2) is 0 Å². The number of carbonyl (C=O) groups excluding carboxylic acids is 1. The van der Waals surface area contributed by atoms with Crippen LogP contribution in [0, 0.1) is 5.82 Å². The highest BCUT2D eigenvalue weighted by molar-refractivity contribution is 5.78. The van der Waals surface area contributed by atoms with Crippen LogP contribution < -0.4 is 5.32 Å². The van der Waals surface area contributed by atoms with E-state index in [1.54, 1.807) is 29.2 Å². The molecule has 0 radical (unpaired) electrons. The van der Waals surface area contributed by atoms with Gasteiger partial charge in [-0.2, -0.15) is 0 Å². The second-order valence-corrected chi connectivity index (χ2v) is 5.62. The number of rotatable bonds is 7. The van der Waals surface area contributed by atoms with Gasteiger partial charge in [0.2, 0.25) is 5.91 Å². The summed E-state index contributed by atoms with van der Waals surface area (Å²) in [6, 6.07) is 6.59. The molecule has 0 bridgehead atoms. The summed E-state index contributed by atoms with van der Waals surface area (Å²) >= 11 is 0. The first-order valence-corrected chi connectivity index (χ1v) is 7.85. The first-order chi connectivity index (χ1) is 11.2. The maximum Gasteiger partial charge on any atom is 0.237 e. The SMILES string of the molecule is C=CCN(CC=C)C(=O)CN1CCNCC1c1cccc(F)c1. The Morgan fingerprint density at radius 1 is 1.39 bits per heavy atom. The lowest BCUT2D eigenvalue weighted by Crippen LogP contribution is -2.50. The van der Waals surface area contributed by atoms with Gasteiger partial charge in [0.1, 0.15) is 5.82 Å². The Balaban J connectivity index is 2.10. The van der Waals surface area contributed by atoms with Crippen LogP contribution in [-0.2, 0) is 4.79 Å². The summed E-state index contributed by atoms with van der Waals surface area (Å²) in [5.41, 5.74) is 0.893. The molecule has 1 atom stereocenters. The molecule has 124 valence electrons. The van der Waals surface area contributed by atoms with Crippen LogP contribution in [0.1, 0.15) is 11.6 Å². The largest absolute Gasteiger partial charge is 0.334 e. The van der Waals surface area contributed by atoms with Crippen molar-refractivity contribution in [3.63, 3.8) is 0 Å². The molecular weight excluding hydrogens is 293 g/mol. The van der Waals surface area contributed by atoms with Gasteiger partial charge in [0.05, 0.1) is 6.54 Å². The van der Waals surface area contributed by atoms with Crippen LogP contribution in [0.15, 0.2) is 49.6 Å². The number of amides is 1. The van der Waals surface area contributed by atoms with E-state index >= 15 is 0 Å². The van der Waals surface area contributed by atoms with Crippen LogP contribution in [0.3, 0.4) is 0 Å². The first kappa shape index (κ1) is 17.4. The number of benzene rings is 1. The minimum Gasteiger partial charge on any atom is -0.334 e. The molecule has 1 N–H and O–H groups in total. The average Bonchev–Trinajstić information content (AvgIpc) is 2.55. The van der Waals surface area contributed by atoms with Crippen molar-refractivity contribution in [2.45, 2.75) is 6.04 Å². The Morgan fingerprint density at radius 3 is 2.78 bits per heavy atom. The summed E-state index contributed by atoms with van der Waals surface area (Å²) in [6.45, 7) is 11.0. The van der Waals surface area contributed by atoms with Crippen LogP contribution >= 0.6 is 0 Å². The predicted octanol–water partition coefficient (Wildman–Crippen LogP) is 1.97. The number of carbonyl (C=O) groups is 1. The van der Waals surface area contributed by atoms with E-state index in [-0.39, 0.29) is 17.8 Å². The monoisotopic (exact) mass is 317 g/mol. The number of hydrogen-bond donors (Lipinski definition) is 1. The van der Waals surface area contributed by atoms with E-state index < -0.39 is 0 Å². The van der Waals surface area contributed by atoms with E-state index in [0.717, 1.165) is 18.7 Å². The van der Waals surface area contributed by atoms with Crippen molar-refractivity contribution in [3.05, 3.63) is 61.0 Å². The summed E-state index contributed by atoms with van der Waals surface area (Å²) in [4.78, 5) is 16.3. The summed E-state index contributed by atoms with van der Waals surface area (Å²) in [7, 11) is 0. The average molecular weight is 317 g/mol. The van der Waals surface area contributed by atoms with E-state index in [4.69, 9.17) is 0 Å². The molecule has 1 aliphatic rings. The smallest absolute Gasteiger partial charge is 0.237 e. The molecule has 0 aliphatic carbocycles. The predicted molar refractivity (Wildman–Crippen MR) is 90.6 cm³/mol. The van der Waals surface area contributed by atoms with Gasteiger partial charge in [-0.15, -0.1) is 13.2 Å². The second-order valence-electron chi connectivity index (χ2n) is 5.62. The van der Waals surface area contributed by atoms with E-state index in [9.17, 15) is 9.18 Å². The normalized spacial score (nSPS) is 18.4. The number of nitrogens with zero attached hydrogens (tertiary/aromatic N) is 2. The Bertz CT molecular complexity index is 551.